The van der Waals surface area contributed by atoms with E-state index in [-0.39, 0.29) is 43.4 Å². The molecule has 2 amide bonds. The number of hydrogen-bond donors (Lipinski definition) is 0. The summed E-state index contributed by atoms with van der Waals surface area (Å²) in [7, 11) is 2.96. The van der Waals surface area contributed by atoms with E-state index in [4.69, 9.17) is 9.47 Å². The fourth-order valence-electron chi connectivity index (χ4n) is 3.22. The lowest BCUT2D eigenvalue weighted by Crippen LogP contribution is -2.44. The van der Waals surface area contributed by atoms with Crippen molar-refractivity contribution in [2.24, 2.45) is 5.10 Å². The maximum Gasteiger partial charge on any atom is 0.262 e. The number of benzene rings is 1. The van der Waals surface area contributed by atoms with Crippen molar-refractivity contribution >= 4 is 28.9 Å². The number of amides is 2. The van der Waals surface area contributed by atoms with Crippen LogP contribution in [0.3, 0.4) is 0 Å². The Labute approximate surface area is 178 Å². The molecule has 1 aliphatic heterocycles. The average molecular weight is 434 g/mol. The summed E-state index contributed by atoms with van der Waals surface area (Å²) in [5.74, 6) is -0.968. The number of hydrogen-bond acceptors (Lipinski definition) is 6. The summed E-state index contributed by atoms with van der Waals surface area (Å²) in [4.78, 5) is 27.9. The van der Waals surface area contributed by atoms with Gasteiger partial charge in [0.1, 0.15) is 19.0 Å². The molecule has 9 heteroatoms. The van der Waals surface area contributed by atoms with Crippen LogP contribution in [0, 0.1) is 5.82 Å². The first-order valence-corrected chi connectivity index (χ1v) is 10.4. The van der Waals surface area contributed by atoms with Crippen molar-refractivity contribution in [1.82, 2.24) is 9.91 Å². The molecule has 0 saturated heterocycles. The van der Waals surface area contributed by atoms with E-state index < -0.39 is 0 Å². The van der Waals surface area contributed by atoms with E-state index >= 15 is 0 Å². The average Bonchev–Trinajstić information content (AvgIpc) is 3.41. The molecule has 3 rings (SSSR count). The van der Waals surface area contributed by atoms with Gasteiger partial charge in [-0.25, -0.2) is 9.40 Å². The van der Waals surface area contributed by atoms with Gasteiger partial charge >= 0.3 is 0 Å². The van der Waals surface area contributed by atoms with E-state index in [2.05, 4.69) is 5.10 Å². The molecule has 0 unspecified atom stereocenters. The first-order valence-electron chi connectivity index (χ1n) is 9.48. The molecule has 0 bridgehead atoms. The van der Waals surface area contributed by atoms with Gasteiger partial charge in [0.25, 0.3) is 5.91 Å². The van der Waals surface area contributed by atoms with Crippen molar-refractivity contribution in [1.29, 1.82) is 0 Å². The Hall–Kier alpha value is -2.62. The second-order valence-electron chi connectivity index (χ2n) is 6.77. The number of carbonyl (C=O) groups excluding carboxylic acids is 2. The molecule has 2 aromatic rings. The summed E-state index contributed by atoms with van der Waals surface area (Å²) < 4.78 is 23.4. The van der Waals surface area contributed by atoms with Gasteiger partial charge in [0.05, 0.1) is 23.2 Å². The van der Waals surface area contributed by atoms with Gasteiger partial charge in [-0.1, -0.05) is 18.2 Å². The lowest BCUT2D eigenvalue weighted by Gasteiger charge is -2.26. The third kappa shape index (κ3) is 5.29. The molecule has 7 nitrogen and oxygen atoms in total. The Morgan fingerprint density at radius 1 is 1.23 bits per heavy atom. The Kier molecular flexibility index (Phi) is 7.67. The van der Waals surface area contributed by atoms with Crippen LogP contribution < -0.4 is 0 Å². The second kappa shape index (κ2) is 10.4. The fraction of sp³-hybridized carbons (Fsp3) is 0.381. The molecular weight excluding hydrogens is 409 g/mol. The summed E-state index contributed by atoms with van der Waals surface area (Å²) >= 11 is 1.54. The number of ether oxygens (including phenoxy) is 2. The number of methoxy groups -OCH3 is 2. The van der Waals surface area contributed by atoms with Crippen LogP contribution in [0.2, 0.25) is 0 Å². The molecule has 1 aromatic heterocycles. The number of hydrazone groups is 1. The number of halogens is 1. The van der Waals surface area contributed by atoms with Gasteiger partial charge in [-0.2, -0.15) is 5.10 Å². The van der Waals surface area contributed by atoms with Crippen molar-refractivity contribution in [3.8, 4) is 0 Å². The third-order valence-electron chi connectivity index (χ3n) is 4.74. The number of rotatable bonds is 9. The van der Waals surface area contributed by atoms with E-state index in [0.717, 1.165) is 16.2 Å². The molecule has 1 aromatic carbocycles. The molecule has 0 N–H and O–H groups in total. The molecule has 0 radical (unpaired) electrons. The highest BCUT2D eigenvalue weighted by atomic mass is 32.1. The molecule has 0 spiro atoms. The Morgan fingerprint density at radius 3 is 2.63 bits per heavy atom. The molecule has 0 aliphatic carbocycles. The molecule has 1 aliphatic rings. The highest BCUT2D eigenvalue weighted by Crippen LogP contribution is 2.34. The molecule has 30 heavy (non-hydrogen) atoms. The lowest BCUT2D eigenvalue weighted by atomic mass is 10.0. The minimum Gasteiger partial charge on any atom is -0.383 e. The molecule has 2 heterocycles. The van der Waals surface area contributed by atoms with Crippen molar-refractivity contribution in [2.75, 3.05) is 40.5 Å². The van der Waals surface area contributed by atoms with E-state index in [9.17, 15) is 14.0 Å². The SMILES string of the molecule is COCCN(CC(=O)N1N=C(c2cccs2)C[C@@H]1c1ccc(F)cc1)C(=O)COC. The van der Waals surface area contributed by atoms with Gasteiger partial charge in [0.2, 0.25) is 5.91 Å². The van der Waals surface area contributed by atoms with Crippen LogP contribution in [0.1, 0.15) is 22.9 Å². The Morgan fingerprint density at radius 2 is 2.00 bits per heavy atom. The smallest absolute Gasteiger partial charge is 0.262 e. The van der Waals surface area contributed by atoms with Crippen LogP contribution >= 0.6 is 11.3 Å². The van der Waals surface area contributed by atoms with Crippen molar-refractivity contribution in [3.05, 3.63) is 58.0 Å². The van der Waals surface area contributed by atoms with Gasteiger partial charge in [-0.05, 0) is 29.1 Å². The van der Waals surface area contributed by atoms with Crippen LogP contribution in [0.4, 0.5) is 4.39 Å². The van der Waals surface area contributed by atoms with E-state index in [0.29, 0.717) is 13.0 Å². The first kappa shape index (κ1) is 22.1. The summed E-state index contributed by atoms with van der Waals surface area (Å²) in [5, 5.41) is 7.92. The minimum atomic E-state index is -0.364. The third-order valence-corrected chi connectivity index (χ3v) is 5.66. The summed E-state index contributed by atoms with van der Waals surface area (Å²) in [6.07, 6.45) is 0.516. The predicted octanol–water partition coefficient (Wildman–Crippen LogP) is 2.69. The zero-order valence-electron chi connectivity index (χ0n) is 16.9. The lowest BCUT2D eigenvalue weighted by molar-refractivity contribution is -0.144. The zero-order valence-corrected chi connectivity index (χ0v) is 17.7. The predicted molar refractivity (Wildman–Crippen MR) is 112 cm³/mol. The van der Waals surface area contributed by atoms with E-state index in [1.54, 1.807) is 23.5 Å². The zero-order chi connectivity index (χ0) is 21.5. The monoisotopic (exact) mass is 433 g/mol. The summed E-state index contributed by atoms with van der Waals surface area (Å²) in [5.41, 5.74) is 1.58. The molecular formula is C21H24FN3O4S. The molecule has 160 valence electrons. The quantitative estimate of drug-likeness (QED) is 0.610. The van der Waals surface area contributed by atoms with E-state index in [1.807, 2.05) is 17.5 Å². The van der Waals surface area contributed by atoms with Gasteiger partial charge in [0, 0.05) is 27.2 Å². The molecule has 0 saturated carbocycles. The highest BCUT2D eigenvalue weighted by Gasteiger charge is 2.34. The van der Waals surface area contributed by atoms with Crippen molar-refractivity contribution in [2.45, 2.75) is 12.5 Å². The van der Waals surface area contributed by atoms with Crippen LogP contribution in [0.15, 0.2) is 46.9 Å². The Balaban J connectivity index is 1.84. The number of thiophene rings is 1. The topological polar surface area (TPSA) is 71.4 Å². The van der Waals surface area contributed by atoms with Gasteiger partial charge < -0.3 is 14.4 Å². The maximum absolute atomic E-state index is 13.4. The molecule has 1 atom stereocenters. The minimum absolute atomic E-state index is 0.123. The fourth-order valence-corrected chi connectivity index (χ4v) is 3.94. The van der Waals surface area contributed by atoms with Crippen LogP contribution in [0.5, 0.6) is 0 Å². The van der Waals surface area contributed by atoms with Gasteiger partial charge in [-0.3, -0.25) is 9.59 Å². The number of carbonyl (C=O) groups is 2. The summed E-state index contributed by atoms with van der Waals surface area (Å²) in [6.45, 7) is 0.293. The Bertz CT molecular complexity index is 886. The highest BCUT2D eigenvalue weighted by molar-refractivity contribution is 7.12. The van der Waals surface area contributed by atoms with Crippen LogP contribution in [0.25, 0.3) is 0 Å². The largest absolute Gasteiger partial charge is 0.383 e. The first-order chi connectivity index (χ1) is 14.5. The van der Waals surface area contributed by atoms with E-state index in [1.165, 1.54) is 36.3 Å². The van der Waals surface area contributed by atoms with Crippen LogP contribution in [-0.2, 0) is 19.1 Å². The normalized spacial score (nSPS) is 15.9. The molecule has 0 fully saturated rings. The van der Waals surface area contributed by atoms with Crippen LogP contribution in [-0.4, -0.2) is 68.0 Å². The maximum atomic E-state index is 13.4. The van der Waals surface area contributed by atoms with Gasteiger partial charge in [-0.15, -0.1) is 11.3 Å². The van der Waals surface area contributed by atoms with Gasteiger partial charge in [0.15, 0.2) is 0 Å². The van der Waals surface area contributed by atoms with Crippen molar-refractivity contribution < 1.29 is 23.5 Å². The van der Waals surface area contributed by atoms with Crippen molar-refractivity contribution in [3.63, 3.8) is 0 Å². The number of nitrogens with zero attached hydrogens (tertiary/aromatic N) is 3. The summed E-state index contributed by atoms with van der Waals surface area (Å²) in [6, 6.07) is 9.57. The second-order valence-corrected chi connectivity index (χ2v) is 7.72. The standard InChI is InChI=1S/C21H24FN3O4S/c1-28-10-9-24(21(27)14-29-2)13-20(26)25-18(15-5-7-16(22)8-6-15)12-17(23-25)19-4-3-11-30-19/h3-8,11,18H,9-10,12-14H2,1-2H3/t18-/m1/s1.